The van der Waals surface area contributed by atoms with Crippen molar-refractivity contribution in [1.29, 1.82) is 0 Å². The summed E-state index contributed by atoms with van der Waals surface area (Å²) in [6.45, 7) is 16.3. The Morgan fingerprint density at radius 1 is 1.03 bits per heavy atom. The van der Waals surface area contributed by atoms with Gasteiger partial charge in [-0.3, -0.25) is 19.6 Å². The number of allylic oxidation sites excluding steroid dienone is 6. The molecule has 2 heterocycles. The minimum atomic E-state index is -0.903. The molecule has 6 nitrogen and oxygen atoms in total. The summed E-state index contributed by atoms with van der Waals surface area (Å²) in [6.07, 6.45) is 9.41. The molecular weight excluding hydrogens is 426 g/mol. The van der Waals surface area contributed by atoms with Crippen LogP contribution >= 0.6 is 0 Å². The monoisotopic (exact) mass is 459 g/mol. The Morgan fingerprint density at radius 3 is 2.26 bits per heavy atom. The highest BCUT2D eigenvalue weighted by atomic mass is 16.3. The van der Waals surface area contributed by atoms with E-state index in [1.807, 2.05) is 19.9 Å². The van der Waals surface area contributed by atoms with Crippen molar-refractivity contribution < 1.29 is 5.11 Å². The van der Waals surface area contributed by atoms with E-state index < -0.39 is 22.4 Å². The quantitative estimate of drug-likeness (QED) is 0.370. The van der Waals surface area contributed by atoms with Crippen LogP contribution in [0.15, 0.2) is 62.7 Å². The van der Waals surface area contributed by atoms with E-state index in [2.05, 4.69) is 68.5 Å². The number of aromatic nitrogens is 2. The summed E-state index contributed by atoms with van der Waals surface area (Å²) < 4.78 is 0. The molecule has 34 heavy (non-hydrogen) atoms. The Morgan fingerprint density at radius 2 is 1.65 bits per heavy atom. The van der Waals surface area contributed by atoms with Crippen molar-refractivity contribution >= 4 is 23.0 Å². The summed E-state index contributed by atoms with van der Waals surface area (Å²) in [4.78, 5) is 33.3. The van der Waals surface area contributed by atoms with Crippen LogP contribution in [0.25, 0.3) is 11.6 Å². The fraction of sp³-hybridized carbons (Fsp3) is 0.321. The van der Waals surface area contributed by atoms with E-state index in [4.69, 9.17) is 4.99 Å². The highest BCUT2D eigenvalue weighted by molar-refractivity contribution is 6.35. The minimum Gasteiger partial charge on any atom is -0.493 e. The standard InChI is InChI=1S/C28H33N3O3/c1-8-28(6,7)24-21(15-22-25(32)31-27(34)26(33)29-22)20-14-18(11-9-16(2)3)13-19(23(20)30-24)12-10-17(4)5/h8-10,13-15H,1,11-12H2,2-7H3,(H,29,33)(H2,31,32,34)/b21-15+. The maximum atomic E-state index is 12.0. The second kappa shape index (κ2) is 9.67. The molecule has 178 valence electrons. The highest BCUT2D eigenvalue weighted by Crippen LogP contribution is 2.45. The van der Waals surface area contributed by atoms with Gasteiger partial charge in [0.25, 0.3) is 0 Å². The third-order valence-corrected chi connectivity index (χ3v) is 5.84. The van der Waals surface area contributed by atoms with Gasteiger partial charge in [-0.15, -0.1) is 6.58 Å². The van der Waals surface area contributed by atoms with Crippen molar-refractivity contribution in [3.05, 3.63) is 91.2 Å². The van der Waals surface area contributed by atoms with Crippen LogP contribution in [-0.2, 0) is 12.8 Å². The van der Waals surface area contributed by atoms with E-state index in [1.165, 1.54) is 11.1 Å². The van der Waals surface area contributed by atoms with Crippen molar-refractivity contribution in [2.45, 2.75) is 54.4 Å². The molecule has 3 N–H and O–H groups in total. The van der Waals surface area contributed by atoms with E-state index in [9.17, 15) is 14.7 Å². The van der Waals surface area contributed by atoms with E-state index in [0.717, 1.165) is 46.5 Å². The molecule has 0 radical (unpaired) electrons. The molecule has 1 aliphatic heterocycles. The van der Waals surface area contributed by atoms with Gasteiger partial charge >= 0.3 is 11.1 Å². The van der Waals surface area contributed by atoms with Gasteiger partial charge in [0.2, 0.25) is 5.88 Å². The number of fused-ring (bicyclic) bond motifs is 1. The first kappa shape index (κ1) is 25.0. The molecule has 1 aliphatic rings. The van der Waals surface area contributed by atoms with Crippen molar-refractivity contribution in [2.24, 2.45) is 10.4 Å². The average Bonchev–Trinajstić information content (AvgIpc) is 3.13. The summed E-state index contributed by atoms with van der Waals surface area (Å²) in [6, 6.07) is 4.31. The Hall–Kier alpha value is -3.67. The van der Waals surface area contributed by atoms with Crippen molar-refractivity contribution in [3.8, 4) is 5.88 Å². The van der Waals surface area contributed by atoms with Crippen LogP contribution in [0.1, 0.15) is 63.9 Å². The third kappa shape index (κ3) is 5.28. The average molecular weight is 460 g/mol. The topological polar surface area (TPSA) is 98.3 Å². The number of aliphatic imine (C=N–C) groups is 1. The number of hydrogen-bond acceptors (Lipinski definition) is 4. The van der Waals surface area contributed by atoms with Gasteiger partial charge in [0, 0.05) is 16.6 Å². The first-order valence-corrected chi connectivity index (χ1v) is 11.4. The Bertz CT molecular complexity index is 1370. The van der Waals surface area contributed by atoms with E-state index in [0.29, 0.717) is 0 Å². The second-order valence-corrected chi connectivity index (χ2v) is 9.74. The lowest BCUT2D eigenvalue weighted by Gasteiger charge is -2.21. The normalized spacial score (nSPS) is 13.9. The van der Waals surface area contributed by atoms with Crippen LogP contribution in [-0.4, -0.2) is 20.8 Å². The third-order valence-electron chi connectivity index (χ3n) is 5.84. The largest absolute Gasteiger partial charge is 0.493 e. The van der Waals surface area contributed by atoms with Gasteiger partial charge in [-0.1, -0.05) is 49.3 Å². The molecule has 0 unspecified atom stereocenters. The van der Waals surface area contributed by atoms with Gasteiger partial charge in [0.05, 0.1) is 11.4 Å². The fourth-order valence-electron chi connectivity index (χ4n) is 3.76. The molecule has 0 saturated heterocycles. The smallest absolute Gasteiger partial charge is 0.316 e. The first-order chi connectivity index (χ1) is 15.9. The second-order valence-electron chi connectivity index (χ2n) is 9.74. The zero-order valence-electron chi connectivity index (χ0n) is 20.8. The predicted molar refractivity (Wildman–Crippen MR) is 141 cm³/mol. The van der Waals surface area contributed by atoms with Gasteiger partial charge in [-0.25, -0.2) is 0 Å². The van der Waals surface area contributed by atoms with Crippen LogP contribution in [0, 0.1) is 5.41 Å². The van der Waals surface area contributed by atoms with Crippen molar-refractivity contribution in [2.75, 3.05) is 0 Å². The molecule has 0 saturated carbocycles. The molecule has 0 aliphatic carbocycles. The summed E-state index contributed by atoms with van der Waals surface area (Å²) in [5, 5.41) is 10.3. The SMILES string of the molecule is C=CC(C)(C)C1=Nc2c(CC=C(C)C)cc(CC=C(C)C)cc2/C1=C\c1[nH]c(=O)c(=O)[nH]c1O. The van der Waals surface area contributed by atoms with Gasteiger partial charge in [0.1, 0.15) is 5.69 Å². The Kier molecular flexibility index (Phi) is 7.10. The number of rotatable bonds is 7. The number of H-pyrrole nitrogens is 2. The number of benzene rings is 1. The van der Waals surface area contributed by atoms with Crippen LogP contribution in [0.4, 0.5) is 5.69 Å². The number of hydrogen-bond donors (Lipinski definition) is 3. The van der Waals surface area contributed by atoms with E-state index >= 15 is 0 Å². The maximum Gasteiger partial charge on any atom is 0.316 e. The molecule has 6 heteroatoms. The van der Waals surface area contributed by atoms with Crippen LogP contribution in [0.2, 0.25) is 0 Å². The zero-order valence-corrected chi connectivity index (χ0v) is 20.8. The molecular formula is C28H33N3O3. The molecule has 0 bridgehead atoms. The first-order valence-electron chi connectivity index (χ1n) is 11.4. The minimum absolute atomic E-state index is 0.126. The van der Waals surface area contributed by atoms with E-state index in [1.54, 1.807) is 6.08 Å². The summed E-state index contributed by atoms with van der Waals surface area (Å²) >= 11 is 0. The lowest BCUT2D eigenvalue weighted by atomic mass is 9.81. The summed E-state index contributed by atoms with van der Waals surface area (Å²) in [5.74, 6) is -0.397. The molecule has 0 atom stereocenters. The van der Waals surface area contributed by atoms with Crippen molar-refractivity contribution in [3.63, 3.8) is 0 Å². The molecule has 1 aromatic carbocycles. The molecule has 3 rings (SSSR count). The fourth-order valence-corrected chi connectivity index (χ4v) is 3.76. The number of nitrogens with zero attached hydrogens (tertiary/aromatic N) is 1. The zero-order chi connectivity index (χ0) is 25.2. The van der Waals surface area contributed by atoms with Crippen LogP contribution in [0.5, 0.6) is 5.88 Å². The predicted octanol–water partition coefficient (Wildman–Crippen LogP) is 5.63. The maximum absolute atomic E-state index is 12.0. The number of nitrogens with one attached hydrogen (secondary N) is 2. The Balaban J connectivity index is 2.33. The molecule has 2 aromatic rings. The van der Waals surface area contributed by atoms with Crippen LogP contribution in [0.3, 0.4) is 0 Å². The molecule has 1 aromatic heterocycles. The van der Waals surface area contributed by atoms with Gasteiger partial charge in [-0.2, -0.15) is 0 Å². The van der Waals surface area contributed by atoms with Gasteiger partial charge in [0.15, 0.2) is 0 Å². The number of aromatic amines is 2. The summed E-state index contributed by atoms with van der Waals surface area (Å²) in [7, 11) is 0. The highest BCUT2D eigenvalue weighted by Gasteiger charge is 2.33. The van der Waals surface area contributed by atoms with Gasteiger partial charge < -0.3 is 10.1 Å². The molecule has 0 amide bonds. The molecule has 0 fully saturated rings. The summed E-state index contributed by atoms with van der Waals surface area (Å²) in [5.41, 5.74) is 5.99. The van der Waals surface area contributed by atoms with Crippen LogP contribution < -0.4 is 11.1 Å². The van der Waals surface area contributed by atoms with Gasteiger partial charge in [-0.05, 0) is 63.8 Å². The number of aromatic hydroxyl groups is 1. The lowest BCUT2D eigenvalue weighted by molar-refractivity contribution is 0.446. The lowest BCUT2D eigenvalue weighted by Crippen LogP contribution is -2.29. The molecule has 0 spiro atoms. The van der Waals surface area contributed by atoms with Crippen molar-refractivity contribution in [1.82, 2.24) is 9.97 Å². The van der Waals surface area contributed by atoms with E-state index in [-0.39, 0.29) is 5.69 Å². The Labute approximate surface area is 200 Å².